The minimum atomic E-state index is -4.19. The molecule has 11 heteroatoms. The van der Waals surface area contributed by atoms with Crippen LogP contribution in [-0.4, -0.2) is 61.7 Å². The van der Waals surface area contributed by atoms with E-state index in [0.29, 0.717) is 0 Å². The van der Waals surface area contributed by atoms with E-state index in [4.69, 9.17) is 11.6 Å². The predicted octanol–water partition coefficient (Wildman–Crippen LogP) is 3.54. The summed E-state index contributed by atoms with van der Waals surface area (Å²) in [5.41, 5.74) is 3.59. The first-order valence-electron chi connectivity index (χ1n) is 13.6. The van der Waals surface area contributed by atoms with Crippen LogP contribution in [0.1, 0.15) is 61.3 Å². The Bertz CT molecular complexity index is 1350. The van der Waals surface area contributed by atoms with Crippen molar-refractivity contribution in [3.63, 3.8) is 0 Å². The molecule has 0 unspecified atom stereocenters. The Morgan fingerprint density at radius 2 is 1.87 bits per heavy atom. The molecule has 2 aromatic carbocycles. The summed E-state index contributed by atoms with van der Waals surface area (Å²) in [6.07, 6.45) is 6.13. The van der Waals surface area contributed by atoms with Gasteiger partial charge in [-0.2, -0.15) is 4.31 Å². The number of halogens is 2. The zero-order valence-corrected chi connectivity index (χ0v) is 23.4. The summed E-state index contributed by atoms with van der Waals surface area (Å²) in [5.74, 6) is -1.68. The van der Waals surface area contributed by atoms with Crippen LogP contribution < -0.4 is 10.6 Å². The Morgan fingerprint density at radius 3 is 2.64 bits per heavy atom. The van der Waals surface area contributed by atoms with E-state index in [9.17, 15) is 22.4 Å². The molecule has 0 aromatic heterocycles. The summed E-state index contributed by atoms with van der Waals surface area (Å²) in [4.78, 5) is 28.2. The Labute approximate surface area is 233 Å². The van der Waals surface area contributed by atoms with Gasteiger partial charge in [0.15, 0.2) is 0 Å². The maximum absolute atomic E-state index is 13.6. The molecular formula is C28H34ClFN4O4S. The number of nitrogens with zero attached hydrogens (tertiary/aromatic N) is 2. The van der Waals surface area contributed by atoms with Crippen molar-refractivity contribution in [2.75, 3.05) is 26.2 Å². The molecule has 0 bridgehead atoms. The van der Waals surface area contributed by atoms with E-state index in [2.05, 4.69) is 33.7 Å². The number of sulfonamides is 1. The van der Waals surface area contributed by atoms with E-state index >= 15 is 0 Å². The van der Waals surface area contributed by atoms with Crippen LogP contribution in [0.15, 0.2) is 41.3 Å². The van der Waals surface area contributed by atoms with Gasteiger partial charge in [-0.05, 0) is 80.1 Å². The zero-order valence-electron chi connectivity index (χ0n) is 21.8. The van der Waals surface area contributed by atoms with Gasteiger partial charge in [-0.3, -0.25) is 14.5 Å². The number of hydrogen-bond acceptors (Lipinski definition) is 5. The van der Waals surface area contributed by atoms with Crippen molar-refractivity contribution in [3.8, 4) is 0 Å². The van der Waals surface area contributed by atoms with Gasteiger partial charge in [0.25, 0.3) is 0 Å². The Balaban J connectivity index is 1.28. The Morgan fingerprint density at radius 1 is 1.08 bits per heavy atom. The van der Waals surface area contributed by atoms with Crippen LogP contribution in [0.4, 0.5) is 4.39 Å². The average Bonchev–Trinajstić information content (AvgIpc) is 2.92. The summed E-state index contributed by atoms with van der Waals surface area (Å²) >= 11 is 5.81. The number of carbonyl (C=O) groups excluding carboxylic acids is 2. The van der Waals surface area contributed by atoms with Crippen molar-refractivity contribution < 1.29 is 22.4 Å². The molecule has 0 saturated carbocycles. The molecule has 210 valence electrons. The van der Waals surface area contributed by atoms with Crippen LogP contribution >= 0.6 is 11.6 Å². The van der Waals surface area contributed by atoms with Crippen LogP contribution in [0.2, 0.25) is 5.02 Å². The van der Waals surface area contributed by atoms with Crippen LogP contribution in [0, 0.1) is 5.82 Å². The van der Waals surface area contributed by atoms with E-state index in [1.807, 2.05) is 0 Å². The zero-order chi connectivity index (χ0) is 27.6. The highest BCUT2D eigenvalue weighted by Crippen LogP contribution is 2.32. The third-order valence-corrected chi connectivity index (χ3v) is 10.1. The molecule has 2 heterocycles. The highest BCUT2D eigenvalue weighted by Gasteiger charge is 2.40. The van der Waals surface area contributed by atoms with Crippen LogP contribution in [-0.2, 0) is 32.6 Å². The van der Waals surface area contributed by atoms with Crippen molar-refractivity contribution in [2.24, 2.45) is 0 Å². The van der Waals surface area contributed by atoms with E-state index in [-0.39, 0.29) is 35.5 Å². The van der Waals surface area contributed by atoms with Gasteiger partial charge < -0.3 is 10.6 Å². The van der Waals surface area contributed by atoms with Crippen molar-refractivity contribution in [1.29, 1.82) is 0 Å². The summed E-state index contributed by atoms with van der Waals surface area (Å²) in [5, 5.41) is 5.37. The number of carbonyl (C=O) groups is 2. The number of benzene rings is 2. The highest BCUT2D eigenvalue weighted by molar-refractivity contribution is 7.89. The fraction of sp³-hybridized carbons (Fsp3) is 0.500. The van der Waals surface area contributed by atoms with Gasteiger partial charge in [0.05, 0.1) is 22.4 Å². The standard InChI is InChI=1S/C28H34ClFN4O4S/c29-23-16-21(8-10-24(23)30)39(37,38)34-14-11-31-28(36)26(34)17-27(35)32-25-6-4-5-20-15-19(7-9-22(20)25)18-33-12-2-1-3-13-33/h7-10,15-16,25-26H,1-6,11-14,17-18H2,(H,31,36)(H,32,35)/t25-,26-/m1/s1. The number of amides is 2. The summed E-state index contributed by atoms with van der Waals surface area (Å²) in [7, 11) is -4.19. The third-order valence-electron chi connectivity index (χ3n) is 7.87. The number of hydrogen-bond donors (Lipinski definition) is 2. The lowest BCUT2D eigenvalue weighted by Crippen LogP contribution is -2.58. The predicted molar refractivity (Wildman–Crippen MR) is 146 cm³/mol. The lowest BCUT2D eigenvalue weighted by molar-refractivity contribution is -0.132. The topological polar surface area (TPSA) is 98.8 Å². The largest absolute Gasteiger partial charge is 0.353 e. The molecule has 2 N–H and O–H groups in total. The molecular weight excluding hydrogens is 543 g/mol. The molecule has 1 aliphatic carbocycles. The number of aryl methyl sites for hydroxylation is 1. The number of piperidine rings is 1. The van der Waals surface area contributed by atoms with Gasteiger partial charge in [-0.1, -0.05) is 36.2 Å². The fourth-order valence-corrected chi connectivity index (χ4v) is 7.73. The SMILES string of the molecule is O=C(C[C@@H]1C(=O)NCCN1S(=O)(=O)c1ccc(F)c(Cl)c1)N[C@@H]1CCCc2cc(CN3CCCCC3)ccc21. The maximum atomic E-state index is 13.6. The van der Waals surface area contributed by atoms with Crippen LogP contribution in [0.5, 0.6) is 0 Å². The molecule has 2 saturated heterocycles. The lowest BCUT2D eigenvalue weighted by atomic mass is 9.86. The number of piperazine rings is 1. The van der Waals surface area contributed by atoms with Crippen molar-refractivity contribution >= 4 is 33.4 Å². The van der Waals surface area contributed by atoms with E-state index in [1.165, 1.54) is 30.4 Å². The second-order valence-electron chi connectivity index (χ2n) is 10.6. The van der Waals surface area contributed by atoms with Gasteiger partial charge in [0.1, 0.15) is 11.9 Å². The van der Waals surface area contributed by atoms with Crippen LogP contribution in [0.3, 0.4) is 0 Å². The minimum absolute atomic E-state index is 0.00687. The number of nitrogens with one attached hydrogen (secondary N) is 2. The van der Waals surface area contributed by atoms with Gasteiger partial charge in [-0.25, -0.2) is 12.8 Å². The monoisotopic (exact) mass is 576 g/mol. The summed E-state index contributed by atoms with van der Waals surface area (Å²) in [6, 6.07) is 8.17. The molecule has 8 nitrogen and oxygen atoms in total. The molecule has 2 aliphatic heterocycles. The number of fused-ring (bicyclic) bond motifs is 1. The smallest absolute Gasteiger partial charge is 0.243 e. The quantitative estimate of drug-likeness (QED) is 0.525. The average molecular weight is 577 g/mol. The van der Waals surface area contributed by atoms with Crippen LogP contribution in [0.25, 0.3) is 0 Å². The fourth-order valence-electron chi connectivity index (χ4n) is 5.87. The normalized spacial score (nSPS) is 22.7. The molecule has 2 aromatic rings. The molecule has 2 atom stereocenters. The van der Waals surface area contributed by atoms with E-state index in [1.54, 1.807) is 0 Å². The first kappa shape index (κ1) is 28.0. The van der Waals surface area contributed by atoms with Gasteiger partial charge in [0, 0.05) is 19.6 Å². The molecule has 0 radical (unpaired) electrons. The van der Waals surface area contributed by atoms with Gasteiger partial charge in [0.2, 0.25) is 21.8 Å². The summed E-state index contributed by atoms with van der Waals surface area (Å²) in [6.45, 7) is 3.30. The molecule has 2 fully saturated rings. The Hall–Kier alpha value is -2.53. The van der Waals surface area contributed by atoms with Gasteiger partial charge in [-0.15, -0.1) is 0 Å². The van der Waals surface area contributed by atoms with Crippen molar-refractivity contribution in [2.45, 2.75) is 68.5 Å². The molecule has 2 amide bonds. The first-order valence-corrected chi connectivity index (χ1v) is 15.4. The minimum Gasteiger partial charge on any atom is -0.353 e. The highest BCUT2D eigenvalue weighted by atomic mass is 35.5. The molecule has 3 aliphatic rings. The maximum Gasteiger partial charge on any atom is 0.243 e. The molecule has 39 heavy (non-hydrogen) atoms. The second-order valence-corrected chi connectivity index (χ2v) is 12.9. The molecule has 5 rings (SSSR count). The Kier molecular flexibility index (Phi) is 8.56. The number of likely N-dealkylation sites (tertiary alicyclic amines) is 1. The van der Waals surface area contributed by atoms with E-state index < -0.39 is 33.7 Å². The van der Waals surface area contributed by atoms with E-state index in [0.717, 1.165) is 67.0 Å². The second kappa shape index (κ2) is 11.9. The van der Waals surface area contributed by atoms with Crippen molar-refractivity contribution in [3.05, 3.63) is 63.9 Å². The molecule has 0 spiro atoms. The number of rotatable bonds is 7. The first-order chi connectivity index (χ1) is 18.7. The van der Waals surface area contributed by atoms with Gasteiger partial charge >= 0.3 is 0 Å². The third kappa shape index (κ3) is 6.29. The summed E-state index contributed by atoms with van der Waals surface area (Å²) < 4.78 is 41.3. The van der Waals surface area contributed by atoms with Crippen molar-refractivity contribution in [1.82, 2.24) is 19.8 Å². The lowest BCUT2D eigenvalue weighted by Gasteiger charge is -2.34.